The lowest BCUT2D eigenvalue weighted by molar-refractivity contribution is -0.138. The molecule has 6 nitrogen and oxygen atoms in total. The number of carbonyl (C=O) groups is 2. The molecule has 0 heterocycles. The maximum absolute atomic E-state index is 12.9. The summed E-state index contributed by atoms with van der Waals surface area (Å²) >= 11 is 0. The van der Waals surface area contributed by atoms with Gasteiger partial charge in [-0.2, -0.15) is 26.3 Å². The van der Waals surface area contributed by atoms with Gasteiger partial charge in [0.15, 0.2) is 11.4 Å². The third-order valence-electron chi connectivity index (χ3n) is 5.55. The van der Waals surface area contributed by atoms with Crippen molar-refractivity contribution >= 4 is 11.9 Å². The molecule has 0 fully saturated rings. The molecule has 0 radical (unpaired) electrons. The fourth-order valence-electron chi connectivity index (χ4n) is 3.43. The first kappa shape index (κ1) is 28.7. The van der Waals surface area contributed by atoms with Crippen LogP contribution in [-0.4, -0.2) is 11.9 Å². The highest BCUT2D eigenvalue weighted by atomic mass is 19.4. The van der Waals surface area contributed by atoms with Crippen LogP contribution >= 0.6 is 0 Å². The second-order valence-corrected chi connectivity index (χ2v) is 8.69. The number of carbonyl (C=O) groups excluding carboxylic acids is 2. The van der Waals surface area contributed by atoms with Crippen molar-refractivity contribution in [2.75, 3.05) is 0 Å². The van der Waals surface area contributed by atoms with Crippen LogP contribution in [0.3, 0.4) is 0 Å². The molecule has 2 atom stereocenters. The van der Waals surface area contributed by atoms with Crippen LogP contribution in [0.15, 0.2) is 72.8 Å². The number of esters is 2. The molecule has 0 saturated heterocycles. The van der Waals surface area contributed by atoms with E-state index in [1.54, 1.807) is 0 Å². The largest absolute Gasteiger partial charge is 0.436 e. The van der Waals surface area contributed by atoms with Crippen LogP contribution in [0.1, 0.15) is 56.8 Å². The maximum atomic E-state index is 12.9. The van der Waals surface area contributed by atoms with E-state index in [-0.39, 0.29) is 22.3 Å². The number of alkyl halides is 6. The van der Waals surface area contributed by atoms with Gasteiger partial charge in [-0.1, -0.05) is 36.4 Å². The summed E-state index contributed by atoms with van der Waals surface area (Å²) in [6.07, 6.45) is -9.14. The molecule has 3 rings (SSSR count). The van der Waals surface area contributed by atoms with Crippen LogP contribution in [0.25, 0.3) is 0 Å². The zero-order valence-corrected chi connectivity index (χ0v) is 20.0. The summed E-state index contributed by atoms with van der Waals surface area (Å²) in [5.41, 5.74) is 6.02. The molecule has 0 aliphatic heterocycles. The van der Waals surface area contributed by atoms with Crippen molar-refractivity contribution in [2.45, 2.75) is 37.7 Å². The molecule has 0 spiro atoms. The fourth-order valence-corrected chi connectivity index (χ4v) is 3.43. The summed E-state index contributed by atoms with van der Waals surface area (Å²) in [5, 5.41) is 0. The van der Waals surface area contributed by atoms with Crippen LogP contribution in [-0.2, 0) is 33.3 Å². The van der Waals surface area contributed by atoms with Gasteiger partial charge in [-0.05, 0) is 50.2 Å². The van der Waals surface area contributed by atoms with Gasteiger partial charge in [0.2, 0.25) is 0 Å². The second-order valence-electron chi connectivity index (χ2n) is 8.69. The summed E-state index contributed by atoms with van der Waals surface area (Å²) in [6.45, 7) is 2.49. The molecule has 4 N–H and O–H groups in total. The summed E-state index contributed by atoms with van der Waals surface area (Å²) < 4.78 is 87.7. The lowest BCUT2D eigenvalue weighted by Crippen LogP contribution is -2.40. The van der Waals surface area contributed by atoms with Gasteiger partial charge in [-0.3, -0.25) is 11.5 Å². The smallest absolute Gasteiger partial charge is 0.416 e. The number of nitrogens with two attached hydrogens (primary N) is 2. The molecule has 0 saturated carbocycles. The van der Waals surface area contributed by atoms with Crippen molar-refractivity contribution in [1.82, 2.24) is 0 Å². The predicted molar refractivity (Wildman–Crippen MR) is 123 cm³/mol. The van der Waals surface area contributed by atoms with Gasteiger partial charge in [0.25, 0.3) is 0 Å². The molecule has 0 aliphatic carbocycles. The average molecular weight is 540 g/mol. The minimum absolute atomic E-state index is 0.0516. The first-order valence-corrected chi connectivity index (χ1v) is 10.9. The Balaban J connectivity index is 1.81. The van der Waals surface area contributed by atoms with E-state index in [1.807, 2.05) is 0 Å². The van der Waals surface area contributed by atoms with E-state index in [0.29, 0.717) is 0 Å². The van der Waals surface area contributed by atoms with Gasteiger partial charge in [0, 0.05) is 11.1 Å². The third-order valence-corrected chi connectivity index (χ3v) is 5.55. The number of ether oxygens (including phenoxy) is 2. The number of benzene rings is 3. The summed E-state index contributed by atoms with van der Waals surface area (Å²) in [4.78, 5) is 25.8. The molecule has 0 unspecified atom stereocenters. The van der Waals surface area contributed by atoms with Crippen LogP contribution in [0.4, 0.5) is 26.3 Å². The number of hydrogen-bond acceptors (Lipinski definition) is 6. The highest BCUT2D eigenvalue weighted by molar-refractivity contribution is 6.03. The van der Waals surface area contributed by atoms with Gasteiger partial charge in [0.1, 0.15) is 0 Å². The first-order chi connectivity index (χ1) is 17.4. The van der Waals surface area contributed by atoms with Crippen molar-refractivity contribution in [3.05, 3.63) is 106 Å². The SMILES string of the molecule is C[C@@](N)(OC(=O)c1ccccc1C(=O)O[C@@](C)(N)c1ccc(C(F)(F)F)cc1)c1ccc(C(F)(F)F)cc1. The van der Waals surface area contributed by atoms with E-state index >= 15 is 0 Å². The molecule has 38 heavy (non-hydrogen) atoms. The zero-order chi connectivity index (χ0) is 28.5. The summed E-state index contributed by atoms with van der Waals surface area (Å²) in [6, 6.07) is 12.6. The van der Waals surface area contributed by atoms with Crippen LogP contribution in [0, 0.1) is 0 Å². The first-order valence-electron chi connectivity index (χ1n) is 10.9. The molecule has 202 valence electrons. The molecular formula is C26H22F6N2O4. The molecule has 0 amide bonds. The predicted octanol–water partition coefficient (Wildman–Crippen LogP) is 5.70. The maximum Gasteiger partial charge on any atom is 0.416 e. The average Bonchev–Trinajstić information content (AvgIpc) is 2.82. The number of rotatable bonds is 6. The van der Waals surface area contributed by atoms with Crippen molar-refractivity contribution < 1.29 is 45.4 Å². The Hall–Kier alpha value is -3.90. The third kappa shape index (κ3) is 6.50. The van der Waals surface area contributed by atoms with E-state index in [4.69, 9.17) is 20.9 Å². The Kier molecular flexibility index (Phi) is 7.62. The van der Waals surface area contributed by atoms with Gasteiger partial charge < -0.3 is 9.47 Å². The number of hydrogen-bond donors (Lipinski definition) is 2. The Labute approximate surface area is 213 Å². The second kappa shape index (κ2) is 10.1. The molecule has 3 aromatic carbocycles. The van der Waals surface area contributed by atoms with E-state index in [9.17, 15) is 35.9 Å². The van der Waals surface area contributed by atoms with Crippen LogP contribution in [0.5, 0.6) is 0 Å². The van der Waals surface area contributed by atoms with E-state index in [0.717, 1.165) is 48.5 Å². The zero-order valence-electron chi connectivity index (χ0n) is 20.0. The van der Waals surface area contributed by atoms with Gasteiger partial charge in [0.05, 0.1) is 22.3 Å². The summed E-state index contributed by atoms with van der Waals surface area (Å²) in [5.74, 6) is -2.17. The lowest BCUT2D eigenvalue weighted by atomic mass is 10.0. The van der Waals surface area contributed by atoms with Gasteiger partial charge in [-0.15, -0.1) is 0 Å². The van der Waals surface area contributed by atoms with Gasteiger partial charge in [-0.25, -0.2) is 9.59 Å². The Morgan fingerprint density at radius 3 is 1.08 bits per heavy atom. The Bertz CT molecular complexity index is 1210. The number of halogens is 6. The topological polar surface area (TPSA) is 105 Å². The van der Waals surface area contributed by atoms with Crippen molar-refractivity contribution in [1.29, 1.82) is 0 Å². The molecule has 3 aromatic rings. The highest BCUT2D eigenvalue weighted by Crippen LogP contribution is 2.32. The molecular weight excluding hydrogens is 518 g/mol. The monoisotopic (exact) mass is 540 g/mol. The minimum Gasteiger partial charge on any atom is -0.436 e. The minimum atomic E-state index is -4.57. The van der Waals surface area contributed by atoms with Crippen molar-refractivity contribution in [2.24, 2.45) is 11.5 Å². The molecule has 0 bridgehead atoms. The van der Waals surface area contributed by atoms with Crippen LogP contribution < -0.4 is 11.5 Å². The normalized spacial score (nSPS) is 15.2. The molecule has 12 heteroatoms. The fraction of sp³-hybridized carbons (Fsp3) is 0.231. The highest BCUT2D eigenvalue weighted by Gasteiger charge is 2.35. The molecule has 0 aliphatic rings. The van der Waals surface area contributed by atoms with Gasteiger partial charge >= 0.3 is 24.3 Å². The van der Waals surface area contributed by atoms with E-state index < -0.39 is 46.9 Å². The van der Waals surface area contributed by atoms with Crippen molar-refractivity contribution in [3.8, 4) is 0 Å². The van der Waals surface area contributed by atoms with Crippen molar-refractivity contribution in [3.63, 3.8) is 0 Å². The quantitative estimate of drug-likeness (QED) is 0.236. The van der Waals surface area contributed by atoms with Crippen LogP contribution in [0.2, 0.25) is 0 Å². The Morgan fingerprint density at radius 2 is 0.816 bits per heavy atom. The lowest BCUT2D eigenvalue weighted by Gasteiger charge is -2.27. The summed E-state index contributed by atoms with van der Waals surface area (Å²) in [7, 11) is 0. The van der Waals surface area contributed by atoms with E-state index in [1.165, 1.54) is 38.1 Å². The van der Waals surface area contributed by atoms with E-state index in [2.05, 4.69) is 0 Å². The standard InChI is InChI=1S/C26H22F6N2O4/c1-23(33,15-7-11-17(12-8-15)25(27,28)29)37-21(35)19-5-3-4-6-20(19)22(36)38-24(2,34)16-9-13-18(14-10-16)26(30,31)32/h3-14H,33-34H2,1-2H3/t23-,24-/m1/s1. The Morgan fingerprint density at radius 1 is 0.553 bits per heavy atom. The molecule has 0 aromatic heterocycles.